The van der Waals surface area contributed by atoms with E-state index in [0.717, 1.165) is 19.3 Å². The molecule has 1 aliphatic heterocycles. The summed E-state index contributed by atoms with van der Waals surface area (Å²) in [7, 11) is 0. The van der Waals surface area contributed by atoms with Gasteiger partial charge in [0.25, 0.3) is 0 Å². The number of carbonyl (C=O) groups excluding carboxylic acids is 2. The molecule has 0 amide bonds. The van der Waals surface area contributed by atoms with Crippen molar-refractivity contribution in [2.75, 3.05) is 26.4 Å². The van der Waals surface area contributed by atoms with Gasteiger partial charge in [-0.15, -0.1) is 0 Å². The van der Waals surface area contributed by atoms with Crippen molar-refractivity contribution in [2.24, 2.45) is 11.3 Å². The van der Waals surface area contributed by atoms with Gasteiger partial charge in [0.05, 0.1) is 31.0 Å². The highest BCUT2D eigenvalue weighted by Gasteiger charge is 2.36. The third kappa shape index (κ3) is 45.0. The topological polar surface area (TPSA) is 93.1 Å². The minimum atomic E-state index is -1.12. The highest BCUT2D eigenvalue weighted by molar-refractivity contribution is 5.80. The second-order valence-corrected chi connectivity index (χ2v) is 22.4. The van der Waals surface area contributed by atoms with Crippen molar-refractivity contribution >= 4 is 11.9 Å². The second-order valence-electron chi connectivity index (χ2n) is 22.4. The van der Waals surface area contributed by atoms with E-state index >= 15 is 0 Å². The fraction of sp³-hybridized carbons (Fsp3) is 0.937. The summed E-state index contributed by atoms with van der Waals surface area (Å²) in [4.78, 5) is 24.7. The third-order valence-electron chi connectivity index (χ3n) is 15.5. The number of hydrogen-bond acceptors (Lipinski definition) is 6. The number of aliphatic hydroxyl groups is 2. The van der Waals surface area contributed by atoms with Gasteiger partial charge in [-0.3, -0.25) is 9.59 Å². The molecule has 6 heteroatoms. The van der Waals surface area contributed by atoms with Gasteiger partial charge in [0, 0.05) is 0 Å². The molecule has 0 radical (unpaired) electrons. The Hall–Kier alpha value is -1.40. The van der Waals surface area contributed by atoms with E-state index in [9.17, 15) is 19.8 Å². The zero-order valence-corrected chi connectivity index (χ0v) is 46.4. The van der Waals surface area contributed by atoms with E-state index in [-0.39, 0.29) is 19.6 Å². The first-order valence-electron chi connectivity index (χ1n) is 31.3. The molecule has 1 atom stereocenters. The van der Waals surface area contributed by atoms with Crippen molar-refractivity contribution in [3.05, 3.63) is 12.2 Å². The summed E-state index contributed by atoms with van der Waals surface area (Å²) >= 11 is 0. The highest BCUT2D eigenvalue weighted by atomic mass is 16.6. The van der Waals surface area contributed by atoms with Gasteiger partial charge in [-0.1, -0.05) is 314 Å². The number of rotatable bonds is 54. The molecule has 0 aromatic heterocycles. The SMILES string of the molecule is CCCCCCCCCC/C=C/CCCCCCCCCCCCCCCCCCCCCCCCCCCCCCCCCCCCCCCCCCC1CC(=O)OCC(CO)(CO)COC1=O. The zero-order chi connectivity index (χ0) is 49.7. The van der Waals surface area contributed by atoms with Crippen LogP contribution in [-0.2, 0) is 19.1 Å². The molecular weight excluding hydrogens is 853 g/mol. The lowest BCUT2D eigenvalue weighted by Gasteiger charge is -2.27. The quantitative estimate of drug-likeness (QED) is 0.0358. The van der Waals surface area contributed by atoms with Gasteiger partial charge < -0.3 is 19.7 Å². The molecule has 69 heavy (non-hydrogen) atoms. The van der Waals surface area contributed by atoms with Crippen LogP contribution in [0.3, 0.4) is 0 Å². The molecule has 1 rings (SSSR count). The van der Waals surface area contributed by atoms with Gasteiger partial charge in [0.15, 0.2) is 0 Å². The van der Waals surface area contributed by atoms with Crippen molar-refractivity contribution in [3.63, 3.8) is 0 Å². The van der Waals surface area contributed by atoms with Crippen molar-refractivity contribution in [3.8, 4) is 0 Å². The number of ether oxygens (including phenoxy) is 2. The average Bonchev–Trinajstić information content (AvgIpc) is 3.41. The third-order valence-corrected chi connectivity index (χ3v) is 15.5. The average molecular weight is 974 g/mol. The number of allylic oxidation sites excluding steroid dienone is 2. The van der Waals surface area contributed by atoms with Gasteiger partial charge in [-0.2, -0.15) is 0 Å². The Morgan fingerprint density at radius 2 is 0.623 bits per heavy atom. The fourth-order valence-corrected chi connectivity index (χ4v) is 10.4. The molecule has 0 saturated carbocycles. The van der Waals surface area contributed by atoms with Crippen LogP contribution in [0.2, 0.25) is 0 Å². The minimum absolute atomic E-state index is 0.00508. The molecule has 1 fully saturated rings. The van der Waals surface area contributed by atoms with Crippen LogP contribution in [-0.4, -0.2) is 48.6 Å². The number of unbranched alkanes of at least 4 members (excludes halogenated alkanes) is 48. The van der Waals surface area contributed by atoms with Crippen molar-refractivity contribution in [2.45, 2.75) is 341 Å². The van der Waals surface area contributed by atoms with E-state index in [0.29, 0.717) is 6.42 Å². The molecule has 0 aliphatic carbocycles. The smallest absolute Gasteiger partial charge is 0.309 e. The molecule has 0 spiro atoms. The summed E-state index contributed by atoms with van der Waals surface area (Å²) in [6.45, 7) is 1.21. The number of aliphatic hydroxyl groups excluding tert-OH is 2. The second kappa shape index (κ2) is 52.9. The molecule has 6 nitrogen and oxygen atoms in total. The lowest BCUT2D eigenvalue weighted by atomic mass is 9.92. The predicted octanol–water partition coefficient (Wildman–Crippen LogP) is 19.5. The maximum Gasteiger partial charge on any atom is 0.309 e. The largest absolute Gasteiger partial charge is 0.465 e. The lowest BCUT2D eigenvalue weighted by molar-refractivity contribution is -0.155. The number of carbonyl (C=O) groups is 2. The monoisotopic (exact) mass is 973 g/mol. The van der Waals surface area contributed by atoms with E-state index < -0.39 is 36.5 Å². The Labute approximate surface area is 430 Å². The zero-order valence-electron chi connectivity index (χ0n) is 46.4. The molecule has 0 aromatic carbocycles. The van der Waals surface area contributed by atoms with E-state index in [4.69, 9.17) is 9.47 Å². The molecular formula is C63H120O6. The summed E-state index contributed by atoms with van der Waals surface area (Å²) in [5, 5.41) is 19.2. The minimum Gasteiger partial charge on any atom is -0.465 e. The first-order chi connectivity index (χ1) is 34.1. The summed E-state index contributed by atoms with van der Waals surface area (Å²) in [6.07, 6.45) is 75.7. The van der Waals surface area contributed by atoms with Crippen molar-refractivity contribution in [1.82, 2.24) is 0 Å². The summed E-state index contributed by atoms with van der Waals surface area (Å²) in [5.41, 5.74) is -1.12. The Morgan fingerprint density at radius 3 is 0.899 bits per heavy atom. The Morgan fingerprint density at radius 1 is 0.377 bits per heavy atom. The van der Waals surface area contributed by atoms with Crippen LogP contribution in [0.4, 0.5) is 0 Å². The van der Waals surface area contributed by atoms with Gasteiger partial charge in [-0.05, 0) is 32.1 Å². The van der Waals surface area contributed by atoms with Crippen LogP contribution < -0.4 is 0 Å². The predicted molar refractivity (Wildman–Crippen MR) is 297 cm³/mol. The normalized spacial score (nSPS) is 15.4. The van der Waals surface area contributed by atoms with Crippen molar-refractivity contribution < 1.29 is 29.3 Å². The molecule has 1 unspecified atom stereocenters. The summed E-state index contributed by atoms with van der Waals surface area (Å²) < 4.78 is 10.6. The molecule has 1 heterocycles. The highest BCUT2D eigenvalue weighted by Crippen LogP contribution is 2.25. The molecule has 0 aromatic rings. The fourth-order valence-electron chi connectivity index (χ4n) is 10.4. The van der Waals surface area contributed by atoms with Crippen LogP contribution in [0.1, 0.15) is 341 Å². The first-order valence-corrected chi connectivity index (χ1v) is 31.3. The summed E-state index contributed by atoms with van der Waals surface area (Å²) in [6, 6.07) is 0. The maximum atomic E-state index is 12.5. The van der Waals surface area contributed by atoms with Gasteiger partial charge in [0.1, 0.15) is 13.2 Å². The van der Waals surface area contributed by atoms with E-state index in [1.807, 2.05) is 0 Å². The molecule has 0 bridgehead atoms. The van der Waals surface area contributed by atoms with E-state index in [2.05, 4.69) is 19.1 Å². The maximum absolute atomic E-state index is 12.5. The lowest BCUT2D eigenvalue weighted by Crippen LogP contribution is -2.40. The number of hydrogen-bond donors (Lipinski definition) is 2. The van der Waals surface area contributed by atoms with Gasteiger partial charge in [0.2, 0.25) is 0 Å². The van der Waals surface area contributed by atoms with Crippen LogP contribution in [0.15, 0.2) is 12.2 Å². The van der Waals surface area contributed by atoms with Crippen LogP contribution >= 0.6 is 0 Å². The van der Waals surface area contributed by atoms with Crippen molar-refractivity contribution in [1.29, 1.82) is 0 Å². The number of esters is 2. The Kier molecular flexibility index (Phi) is 50.3. The molecule has 1 aliphatic rings. The Balaban J connectivity index is 1.68. The van der Waals surface area contributed by atoms with Gasteiger partial charge in [-0.25, -0.2) is 0 Å². The molecule has 408 valence electrons. The Bertz CT molecular complexity index is 1090. The van der Waals surface area contributed by atoms with Crippen LogP contribution in [0.25, 0.3) is 0 Å². The van der Waals surface area contributed by atoms with Gasteiger partial charge >= 0.3 is 11.9 Å². The van der Waals surface area contributed by atoms with E-state index in [1.165, 1.54) is 302 Å². The van der Waals surface area contributed by atoms with E-state index in [1.54, 1.807) is 0 Å². The standard InChI is InChI=1S/C63H120O6/c1-2-3-4-5-6-7-8-9-10-11-12-13-14-15-16-17-18-19-20-21-22-23-24-25-26-27-28-29-30-31-32-33-34-35-36-37-38-39-40-41-42-43-44-45-46-47-48-49-50-51-52-53-54-60-55-61(66)68-58-63(56-64,57-65)59-69-62(60)67/h11-12,60,64-65H,2-10,13-59H2,1H3/b12-11+. The van der Waals surface area contributed by atoms with Crippen LogP contribution in [0.5, 0.6) is 0 Å². The van der Waals surface area contributed by atoms with Crippen LogP contribution in [0, 0.1) is 11.3 Å². The molecule has 2 N–H and O–H groups in total. The molecule has 1 saturated heterocycles. The first kappa shape index (κ1) is 65.6. The number of cyclic esters (lactones) is 2. The summed E-state index contributed by atoms with van der Waals surface area (Å²) in [5.74, 6) is -1.40.